The Balaban J connectivity index is 1.21. The first-order valence-electron chi connectivity index (χ1n) is 15.7. The first-order chi connectivity index (χ1) is 23.2. The van der Waals surface area contributed by atoms with Gasteiger partial charge in [0, 0.05) is 38.5 Å². The maximum absolute atomic E-state index is 6.40. The van der Waals surface area contributed by atoms with Gasteiger partial charge in [0.1, 0.15) is 11.2 Å². The number of rotatable bonds is 4. The van der Waals surface area contributed by atoms with Crippen LogP contribution in [0.5, 0.6) is 0 Å². The highest BCUT2D eigenvalue weighted by atomic mass is 16.4. The number of furan rings is 2. The largest absolute Gasteiger partial charge is 0.437 e. The molecule has 0 radical (unpaired) electrons. The van der Waals surface area contributed by atoms with Gasteiger partial charge in [-0.25, -0.2) is 9.97 Å². The van der Waals surface area contributed by atoms with Gasteiger partial charge in [0.15, 0.2) is 0 Å². The molecule has 0 fully saturated rings. The molecule has 0 aliphatic heterocycles. The molecule has 10 aromatic rings. The molecular formula is C41H26N4O2. The molecule has 47 heavy (non-hydrogen) atoms. The summed E-state index contributed by atoms with van der Waals surface area (Å²) in [6.45, 7) is 2.05. The third kappa shape index (κ3) is 3.79. The Hall–Kier alpha value is -6.40. The van der Waals surface area contributed by atoms with Crippen LogP contribution in [-0.4, -0.2) is 14.5 Å². The molecule has 0 spiro atoms. The van der Waals surface area contributed by atoms with E-state index in [0.717, 1.165) is 72.1 Å². The van der Waals surface area contributed by atoms with Gasteiger partial charge in [-0.1, -0.05) is 72.8 Å². The Morgan fingerprint density at radius 3 is 1.60 bits per heavy atom. The van der Waals surface area contributed by atoms with Crippen molar-refractivity contribution < 1.29 is 8.83 Å². The maximum atomic E-state index is 6.40. The molecule has 5 heterocycles. The molecule has 10 rings (SSSR count). The average Bonchev–Trinajstić information content (AvgIpc) is 3.79. The summed E-state index contributed by atoms with van der Waals surface area (Å²) in [5.74, 6) is 0. The number of hydrogen-bond acceptors (Lipinski definition) is 5. The number of nitrogens with zero attached hydrogens (tertiary/aromatic N) is 4. The molecule has 5 aromatic carbocycles. The third-order valence-electron chi connectivity index (χ3n) is 9.24. The topological polar surface area (TPSA) is 60.2 Å². The van der Waals surface area contributed by atoms with Crippen LogP contribution in [0.3, 0.4) is 0 Å². The van der Waals surface area contributed by atoms with Gasteiger partial charge >= 0.3 is 0 Å². The van der Waals surface area contributed by atoms with Gasteiger partial charge in [0.05, 0.1) is 45.6 Å². The summed E-state index contributed by atoms with van der Waals surface area (Å²) in [7, 11) is 0. The van der Waals surface area contributed by atoms with E-state index in [2.05, 4.69) is 125 Å². The number of benzene rings is 5. The molecule has 6 heteroatoms. The van der Waals surface area contributed by atoms with E-state index in [0.29, 0.717) is 11.4 Å². The average molecular weight is 607 g/mol. The van der Waals surface area contributed by atoms with Crippen molar-refractivity contribution in [3.63, 3.8) is 0 Å². The summed E-state index contributed by atoms with van der Waals surface area (Å²) in [5.41, 5.74) is 9.97. The zero-order chi connectivity index (χ0) is 31.1. The van der Waals surface area contributed by atoms with Crippen molar-refractivity contribution in [1.82, 2.24) is 14.5 Å². The second-order valence-electron chi connectivity index (χ2n) is 11.9. The van der Waals surface area contributed by atoms with Gasteiger partial charge in [-0.15, -0.1) is 0 Å². The van der Waals surface area contributed by atoms with Crippen molar-refractivity contribution >= 4 is 83.0 Å². The fraction of sp³-hybridized carbons (Fsp3) is 0.0244. The molecule has 6 nitrogen and oxygen atoms in total. The second kappa shape index (κ2) is 9.80. The Labute approximate surface area is 268 Å². The van der Waals surface area contributed by atoms with E-state index in [4.69, 9.17) is 18.8 Å². The molecule has 0 aliphatic carbocycles. The van der Waals surface area contributed by atoms with Crippen LogP contribution in [0, 0.1) is 6.92 Å². The highest BCUT2D eigenvalue weighted by Gasteiger charge is 2.21. The van der Waals surface area contributed by atoms with E-state index in [1.807, 2.05) is 31.5 Å². The lowest BCUT2D eigenvalue weighted by Gasteiger charge is -2.24. The van der Waals surface area contributed by atoms with Crippen LogP contribution < -0.4 is 4.90 Å². The summed E-state index contributed by atoms with van der Waals surface area (Å²) < 4.78 is 15.1. The normalized spacial score (nSPS) is 11.9. The molecule has 0 bridgehead atoms. The van der Waals surface area contributed by atoms with Crippen LogP contribution in [0.25, 0.3) is 71.6 Å². The summed E-state index contributed by atoms with van der Waals surface area (Å²) in [4.78, 5) is 11.9. The van der Waals surface area contributed by atoms with E-state index in [1.54, 1.807) is 0 Å². The highest BCUT2D eigenvalue weighted by Crippen LogP contribution is 2.42. The zero-order valence-corrected chi connectivity index (χ0v) is 25.4. The van der Waals surface area contributed by atoms with Crippen LogP contribution in [0.15, 0.2) is 149 Å². The minimum atomic E-state index is 0.592. The number of aromatic nitrogens is 3. The third-order valence-corrected chi connectivity index (χ3v) is 9.24. The Morgan fingerprint density at radius 1 is 0.489 bits per heavy atom. The van der Waals surface area contributed by atoms with E-state index >= 15 is 0 Å². The molecule has 0 saturated carbocycles. The van der Waals surface area contributed by atoms with Crippen molar-refractivity contribution in [3.8, 4) is 5.69 Å². The van der Waals surface area contributed by atoms with Gasteiger partial charge in [0.2, 0.25) is 11.4 Å². The van der Waals surface area contributed by atoms with Crippen molar-refractivity contribution in [2.45, 2.75) is 6.92 Å². The lowest BCUT2D eigenvalue weighted by Crippen LogP contribution is -2.09. The number of hydrogen-bond donors (Lipinski definition) is 0. The van der Waals surface area contributed by atoms with Gasteiger partial charge in [-0.2, -0.15) is 0 Å². The predicted molar refractivity (Wildman–Crippen MR) is 190 cm³/mol. The van der Waals surface area contributed by atoms with E-state index in [1.165, 1.54) is 10.8 Å². The second-order valence-corrected chi connectivity index (χ2v) is 11.9. The molecule has 0 amide bonds. The predicted octanol–water partition coefficient (Wildman–Crippen LogP) is 11.2. The minimum Gasteiger partial charge on any atom is -0.437 e. The number of para-hydroxylation sites is 4. The molecule has 0 aliphatic rings. The number of anilines is 3. The number of fused-ring (bicyclic) bond motifs is 9. The van der Waals surface area contributed by atoms with Crippen molar-refractivity contribution in [3.05, 3.63) is 145 Å². The monoisotopic (exact) mass is 606 g/mol. The van der Waals surface area contributed by atoms with Crippen molar-refractivity contribution in [2.24, 2.45) is 0 Å². The summed E-state index contributed by atoms with van der Waals surface area (Å²) >= 11 is 0. The molecule has 0 unspecified atom stereocenters. The summed E-state index contributed by atoms with van der Waals surface area (Å²) in [5, 5.41) is 6.32. The fourth-order valence-electron chi connectivity index (χ4n) is 7.12. The maximum Gasteiger partial charge on any atom is 0.227 e. The number of aryl methyl sites for hydroxylation is 1. The summed E-state index contributed by atoms with van der Waals surface area (Å²) in [6, 6.07) is 44.3. The molecule has 0 N–H and O–H groups in total. The SMILES string of the molecule is Cc1c2oc3ncc(N(c4ccccc4)c4ccccc4)cc3c2cc2c1oc1ncc(-n3c4ccccc4c4ccccc43)cc12. The first-order valence-corrected chi connectivity index (χ1v) is 15.7. The smallest absolute Gasteiger partial charge is 0.227 e. The first kappa shape index (κ1) is 25.9. The van der Waals surface area contributed by atoms with Crippen LogP contribution in [0.4, 0.5) is 17.1 Å². The van der Waals surface area contributed by atoms with E-state index in [-0.39, 0.29) is 0 Å². The van der Waals surface area contributed by atoms with Gasteiger partial charge in [-0.05, 0) is 61.5 Å². The molecular weight excluding hydrogens is 580 g/mol. The Morgan fingerprint density at radius 2 is 1.00 bits per heavy atom. The molecule has 0 saturated heterocycles. The molecule has 222 valence electrons. The minimum absolute atomic E-state index is 0.592. The highest BCUT2D eigenvalue weighted by molar-refractivity contribution is 6.17. The van der Waals surface area contributed by atoms with Crippen LogP contribution >= 0.6 is 0 Å². The molecule has 5 aromatic heterocycles. The zero-order valence-electron chi connectivity index (χ0n) is 25.4. The number of pyridine rings is 2. The van der Waals surface area contributed by atoms with E-state index in [9.17, 15) is 0 Å². The lowest BCUT2D eigenvalue weighted by molar-refractivity contribution is 0.637. The Kier molecular flexibility index (Phi) is 5.40. The van der Waals surface area contributed by atoms with Crippen LogP contribution in [0.1, 0.15) is 5.56 Å². The van der Waals surface area contributed by atoms with Crippen molar-refractivity contribution in [2.75, 3.05) is 4.90 Å². The lowest BCUT2D eigenvalue weighted by atomic mass is 10.1. The van der Waals surface area contributed by atoms with Crippen LogP contribution in [0.2, 0.25) is 0 Å². The fourth-order valence-corrected chi connectivity index (χ4v) is 7.12. The summed E-state index contributed by atoms with van der Waals surface area (Å²) in [6.07, 6.45) is 3.78. The van der Waals surface area contributed by atoms with E-state index < -0.39 is 0 Å². The standard InChI is InChI=1S/C41H26N4O2/c1-25-38-32(34-20-28(23-42-40(34)46-38)44(26-12-4-2-5-13-26)27-14-6-3-7-15-27)22-33-35-21-29(24-43-41(35)47-39(25)33)45-36-18-10-8-16-30(36)31-17-9-11-19-37(31)45/h2-24H,1H3. The van der Waals surface area contributed by atoms with Gasteiger partial charge in [0.25, 0.3) is 0 Å². The van der Waals surface area contributed by atoms with Crippen LogP contribution in [-0.2, 0) is 0 Å². The molecule has 0 atom stereocenters. The Bertz CT molecular complexity index is 2720. The van der Waals surface area contributed by atoms with Gasteiger partial charge < -0.3 is 18.3 Å². The van der Waals surface area contributed by atoms with Crippen molar-refractivity contribution in [1.29, 1.82) is 0 Å². The quantitative estimate of drug-likeness (QED) is 0.199. The van der Waals surface area contributed by atoms with Gasteiger partial charge in [-0.3, -0.25) is 0 Å².